The second-order valence-electron chi connectivity index (χ2n) is 13.6. The van der Waals surface area contributed by atoms with Gasteiger partial charge < -0.3 is 30.0 Å². The zero-order valence-corrected chi connectivity index (χ0v) is 34.6. The maximum Gasteiger partial charge on any atom is 3.00 e. The molecule has 0 fully saturated rings. The van der Waals surface area contributed by atoms with Gasteiger partial charge in [0.1, 0.15) is 10.1 Å². The van der Waals surface area contributed by atoms with E-state index in [9.17, 15) is 13.0 Å². The Morgan fingerprint density at radius 3 is 0.667 bits per heavy atom. The summed E-state index contributed by atoms with van der Waals surface area (Å²) < 4.78 is 30.8. The van der Waals surface area contributed by atoms with E-state index in [1.54, 1.807) is 6.07 Å². The van der Waals surface area contributed by atoms with Crippen LogP contribution in [0.2, 0.25) is 0 Å². The van der Waals surface area contributed by atoms with Crippen LogP contribution in [0, 0.1) is 23.7 Å². The average molecular weight is 882 g/mol. The van der Waals surface area contributed by atoms with Crippen LogP contribution in [0.4, 0.5) is 0 Å². The van der Waals surface area contributed by atoms with Crippen LogP contribution in [0.1, 0.15) is 67.8 Å². The number of hydrogen-bond donors (Lipinski definition) is 0. The third-order valence-corrected chi connectivity index (χ3v) is 10.7. The predicted octanol–water partition coefficient (Wildman–Crippen LogP) is 8.37. The van der Waals surface area contributed by atoms with Crippen molar-refractivity contribution in [2.45, 2.75) is 4.90 Å². The quantitative estimate of drug-likeness (QED) is 0.0961. The predicted molar refractivity (Wildman–Crippen MR) is 222 cm³/mol. The summed E-state index contributed by atoms with van der Waals surface area (Å²) in [5.74, 6) is 3.91. The number of aromatic nitrogens is 4. The SMILES string of the molecule is O=S(=O)([O-])c1ccccc1.[Mo+3].[O-2].c1ccc([C+]2c3ccc([n-]3)[C+](c3ccccc3)c3ccc([n-]3)[C+](c3ccccc3)c3ccc([n-]3)[C+](c3ccccc3)c3ccc2[n-]3)cc1. The van der Waals surface area contributed by atoms with Crippen molar-refractivity contribution in [3.05, 3.63) is 292 Å². The Balaban J connectivity index is 0.000000401. The fourth-order valence-corrected chi connectivity index (χ4v) is 7.77. The summed E-state index contributed by atoms with van der Waals surface area (Å²) in [4.78, 5) is 21.0. The standard InChI is InChI=1S/C44H28N4.C6H6O3S.Mo.O/c1-5-13-29(14-6-1)41-33-21-23-35(45-33)42(30-15-7-2-8-16-30)37-25-27-39(47-37)44(32-19-11-4-12-20-32)40-28-26-38(48-40)43(31-17-9-3-10-18-31)36-24-22-34(41)46-36;7-10(8,9)6-4-2-1-3-5-6;;/h1-28H;1-5H,(H,7,8,9);;/q;;+3;-2/p-1. The molecule has 10 heteroatoms. The Morgan fingerprint density at radius 1 is 0.317 bits per heavy atom. The van der Waals surface area contributed by atoms with Gasteiger partial charge in [0, 0.05) is 121 Å². The van der Waals surface area contributed by atoms with E-state index in [-0.39, 0.29) is 31.4 Å². The van der Waals surface area contributed by atoms with Gasteiger partial charge >= 0.3 is 21.1 Å². The molecule has 289 valence electrons. The molecule has 0 spiro atoms. The molecule has 0 saturated carbocycles. The first-order valence-electron chi connectivity index (χ1n) is 18.7. The van der Waals surface area contributed by atoms with Gasteiger partial charge in [0.05, 0.1) is 27.1 Å². The van der Waals surface area contributed by atoms with E-state index < -0.39 is 10.1 Å². The van der Waals surface area contributed by atoms with Gasteiger partial charge in [-0.05, 0) is 130 Å². The monoisotopic (exact) mass is 883 g/mol. The van der Waals surface area contributed by atoms with Crippen molar-refractivity contribution < 1.29 is 39.5 Å². The Bertz CT molecular complexity index is 2440. The molecule has 1 aliphatic heterocycles. The van der Waals surface area contributed by atoms with Crippen molar-refractivity contribution in [1.82, 2.24) is 19.9 Å². The summed E-state index contributed by atoms with van der Waals surface area (Å²) >= 11 is 0. The Kier molecular flexibility index (Phi) is 12.4. The molecule has 0 aliphatic carbocycles. The van der Waals surface area contributed by atoms with E-state index in [1.807, 2.05) is 24.3 Å². The second kappa shape index (κ2) is 18.0. The Labute approximate surface area is 364 Å². The summed E-state index contributed by atoms with van der Waals surface area (Å²) in [6, 6.07) is 65.6. The molecule has 10 rings (SSSR count). The van der Waals surface area contributed by atoms with E-state index in [1.165, 1.54) is 24.3 Å². The largest absolute Gasteiger partial charge is 3.00 e. The van der Waals surface area contributed by atoms with Gasteiger partial charge in [0.25, 0.3) is 0 Å². The van der Waals surface area contributed by atoms with Crippen LogP contribution >= 0.6 is 0 Å². The van der Waals surface area contributed by atoms with Crippen molar-refractivity contribution in [2.24, 2.45) is 0 Å². The van der Waals surface area contributed by atoms with Gasteiger partial charge in [-0.1, -0.05) is 18.2 Å². The van der Waals surface area contributed by atoms with Crippen molar-refractivity contribution in [3.63, 3.8) is 0 Å². The molecule has 5 heterocycles. The van der Waals surface area contributed by atoms with Crippen LogP contribution in [0.5, 0.6) is 0 Å². The number of fused-ring (bicyclic) bond motifs is 8. The molecule has 0 unspecified atom stereocenters. The molecule has 5 aromatic carbocycles. The fraction of sp³-hybridized carbons (Fsp3) is 0. The van der Waals surface area contributed by atoms with Crippen LogP contribution in [0.15, 0.2) is 205 Å². The van der Waals surface area contributed by atoms with Crippen LogP contribution in [0.25, 0.3) is 0 Å². The summed E-state index contributed by atoms with van der Waals surface area (Å²) in [5, 5.41) is 0. The topological polar surface area (TPSA) is 142 Å². The first-order valence-corrected chi connectivity index (χ1v) is 20.1. The molecule has 9 aromatic rings. The smallest absolute Gasteiger partial charge is 2.00 e. The van der Waals surface area contributed by atoms with Gasteiger partial charge in [-0.15, -0.1) is 0 Å². The molecule has 4 aromatic heterocycles. The second-order valence-corrected chi connectivity index (χ2v) is 15.0. The Hall–Kier alpha value is -6.74. The van der Waals surface area contributed by atoms with E-state index >= 15 is 0 Å². The van der Waals surface area contributed by atoms with Gasteiger partial charge in [0.2, 0.25) is 0 Å². The molecule has 0 saturated heterocycles. The van der Waals surface area contributed by atoms with Gasteiger partial charge in [-0.2, -0.15) is 0 Å². The third-order valence-electron chi connectivity index (χ3n) is 9.89. The zero-order valence-electron chi connectivity index (χ0n) is 31.8. The van der Waals surface area contributed by atoms with Crippen molar-refractivity contribution in [2.75, 3.05) is 0 Å². The molecule has 0 N–H and O–H groups in total. The van der Waals surface area contributed by atoms with E-state index in [0.717, 1.165) is 91.5 Å². The summed E-state index contributed by atoms with van der Waals surface area (Å²) in [5.41, 5.74) is 11.1. The molecule has 8 bridgehead atoms. The fourth-order valence-electron chi connectivity index (χ4n) is 7.28. The zero-order chi connectivity index (χ0) is 39.5. The summed E-state index contributed by atoms with van der Waals surface area (Å²) in [7, 11) is -4.25. The first kappa shape index (κ1) is 41.4. The average Bonchev–Trinajstić information content (AvgIpc) is 4.11. The van der Waals surface area contributed by atoms with Gasteiger partial charge in [-0.25, -0.2) is 8.42 Å². The van der Waals surface area contributed by atoms with Gasteiger partial charge in [-0.3, -0.25) is 0 Å². The van der Waals surface area contributed by atoms with E-state index in [0.29, 0.717) is 0 Å². The third kappa shape index (κ3) is 8.52. The van der Waals surface area contributed by atoms with Crippen LogP contribution in [-0.2, 0) is 36.7 Å². The number of benzene rings is 5. The number of rotatable bonds is 5. The van der Waals surface area contributed by atoms with Crippen LogP contribution < -0.4 is 19.9 Å². The summed E-state index contributed by atoms with van der Waals surface area (Å²) in [6.07, 6.45) is 0. The molecule has 1 aliphatic rings. The maximum atomic E-state index is 10.3. The minimum absolute atomic E-state index is 0. The van der Waals surface area contributed by atoms with E-state index in [2.05, 4.69) is 146 Å². The molecule has 0 atom stereocenters. The number of hydrogen-bond acceptors (Lipinski definition) is 3. The van der Waals surface area contributed by atoms with Crippen LogP contribution in [0.3, 0.4) is 0 Å². The maximum absolute atomic E-state index is 10.3. The molecule has 8 nitrogen and oxygen atoms in total. The van der Waals surface area contributed by atoms with Crippen molar-refractivity contribution >= 4 is 10.1 Å². The minimum Gasteiger partial charge on any atom is -2.00 e. The molecule has 1 radical (unpaired) electrons. The van der Waals surface area contributed by atoms with Crippen molar-refractivity contribution in [3.8, 4) is 0 Å². The van der Waals surface area contributed by atoms with Gasteiger partial charge in [0.15, 0.2) is 0 Å². The Morgan fingerprint density at radius 2 is 0.500 bits per heavy atom. The minimum atomic E-state index is -4.25. The normalized spacial score (nSPS) is 12.2. The molecular formula is C50H33MoN4O4S. The van der Waals surface area contributed by atoms with Crippen LogP contribution in [-0.4, -0.2) is 13.0 Å². The molecule has 60 heavy (non-hydrogen) atoms. The number of nitrogens with zero attached hydrogens (tertiary/aromatic N) is 4. The first-order chi connectivity index (χ1) is 28.4. The molecular weight excluding hydrogens is 849 g/mol. The molecule has 0 amide bonds. The van der Waals surface area contributed by atoms with E-state index in [4.69, 9.17) is 19.9 Å². The van der Waals surface area contributed by atoms with Crippen molar-refractivity contribution in [1.29, 1.82) is 0 Å². The summed E-state index contributed by atoms with van der Waals surface area (Å²) in [6.45, 7) is 0.